The van der Waals surface area contributed by atoms with Gasteiger partial charge in [-0.2, -0.15) is 0 Å². The van der Waals surface area contributed by atoms with E-state index in [4.69, 9.17) is 4.74 Å². The van der Waals surface area contributed by atoms with Gasteiger partial charge in [-0.1, -0.05) is 18.2 Å². The molecule has 0 bridgehead atoms. The van der Waals surface area contributed by atoms with Crippen molar-refractivity contribution in [1.29, 1.82) is 0 Å². The van der Waals surface area contributed by atoms with Crippen molar-refractivity contribution in [1.82, 2.24) is 9.97 Å². The molecule has 0 aliphatic rings. The van der Waals surface area contributed by atoms with Gasteiger partial charge in [0.2, 0.25) is 5.91 Å². The van der Waals surface area contributed by atoms with Crippen LogP contribution in [0.5, 0.6) is 5.75 Å². The fraction of sp³-hybridized carbons (Fsp3) is 0.125. The van der Waals surface area contributed by atoms with Crippen LogP contribution in [0.25, 0.3) is 11.0 Å². The number of hydrogen-bond acceptors (Lipinski definition) is 3. The van der Waals surface area contributed by atoms with Gasteiger partial charge in [0, 0.05) is 11.3 Å². The highest BCUT2D eigenvalue weighted by atomic mass is 16.5. The van der Waals surface area contributed by atoms with Crippen LogP contribution in [0.15, 0.2) is 47.3 Å². The lowest BCUT2D eigenvalue weighted by Crippen LogP contribution is -2.14. The Morgan fingerprint density at radius 2 is 1.91 bits per heavy atom. The molecule has 6 heteroatoms. The summed E-state index contributed by atoms with van der Waals surface area (Å²) in [5, 5.41) is 2.81. The third-order valence-corrected chi connectivity index (χ3v) is 3.34. The van der Waals surface area contributed by atoms with E-state index in [-0.39, 0.29) is 18.0 Å². The Morgan fingerprint density at radius 3 is 2.73 bits per heavy atom. The molecule has 6 nitrogen and oxygen atoms in total. The molecule has 0 atom stereocenters. The van der Waals surface area contributed by atoms with Crippen molar-refractivity contribution in [3.8, 4) is 5.75 Å². The Labute approximate surface area is 126 Å². The minimum Gasteiger partial charge on any atom is -0.496 e. The highest BCUT2D eigenvalue weighted by molar-refractivity contribution is 5.94. The highest BCUT2D eigenvalue weighted by Gasteiger charge is 2.09. The van der Waals surface area contributed by atoms with Crippen LogP contribution in [0, 0.1) is 0 Å². The van der Waals surface area contributed by atoms with Gasteiger partial charge in [0.1, 0.15) is 5.75 Å². The smallest absolute Gasteiger partial charge is 0.323 e. The number of carbonyl (C=O) groups is 1. The van der Waals surface area contributed by atoms with Gasteiger partial charge in [0.05, 0.1) is 24.6 Å². The number of aromatic amines is 2. The molecule has 3 aromatic rings. The van der Waals surface area contributed by atoms with Gasteiger partial charge >= 0.3 is 5.69 Å². The number of benzene rings is 2. The molecule has 2 aromatic carbocycles. The minimum atomic E-state index is -0.271. The van der Waals surface area contributed by atoms with Gasteiger partial charge in [-0.3, -0.25) is 4.79 Å². The minimum absolute atomic E-state index is 0.151. The fourth-order valence-electron chi connectivity index (χ4n) is 2.34. The second kappa shape index (κ2) is 5.77. The van der Waals surface area contributed by atoms with E-state index >= 15 is 0 Å². The van der Waals surface area contributed by atoms with Gasteiger partial charge in [0.15, 0.2) is 0 Å². The number of amides is 1. The van der Waals surface area contributed by atoms with Crippen molar-refractivity contribution in [3.05, 3.63) is 58.5 Å². The van der Waals surface area contributed by atoms with Crippen molar-refractivity contribution in [2.45, 2.75) is 6.42 Å². The first kappa shape index (κ1) is 13.9. The molecule has 22 heavy (non-hydrogen) atoms. The molecule has 1 amide bonds. The summed E-state index contributed by atoms with van der Waals surface area (Å²) in [5.41, 5.74) is 2.53. The van der Waals surface area contributed by atoms with E-state index in [1.54, 1.807) is 25.3 Å². The van der Waals surface area contributed by atoms with Crippen LogP contribution < -0.4 is 15.7 Å². The maximum atomic E-state index is 12.1. The number of fused-ring (bicyclic) bond motifs is 1. The molecule has 112 valence electrons. The normalized spacial score (nSPS) is 10.6. The number of para-hydroxylation sites is 1. The molecule has 0 saturated heterocycles. The van der Waals surface area contributed by atoms with Crippen molar-refractivity contribution in [3.63, 3.8) is 0 Å². The number of ether oxygens (including phenoxy) is 1. The summed E-state index contributed by atoms with van der Waals surface area (Å²) in [7, 11) is 1.58. The van der Waals surface area contributed by atoms with Crippen LogP contribution >= 0.6 is 0 Å². The zero-order chi connectivity index (χ0) is 15.5. The zero-order valence-electron chi connectivity index (χ0n) is 12.0. The first-order valence-corrected chi connectivity index (χ1v) is 6.79. The Kier molecular flexibility index (Phi) is 3.65. The summed E-state index contributed by atoms with van der Waals surface area (Å²) in [5.74, 6) is 0.532. The van der Waals surface area contributed by atoms with Crippen molar-refractivity contribution < 1.29 is 9.53 Å². The summed E-state index contributed by atoms with van der Waals surface area (Å²) in [4.78, 5) is 28.7. The summed E-state index contributed by atoms with van der Waals surface area (Å²) >= 11 is 0. The van der Waals surface area contributed by atoms with Crippen LogP contribution in [0.2, 0.25) is 0 Å². The molecule has 1 aromatic heterocycles. The number of methoxy groups -OCH3 is 1. The van der Waals surface area contributed by atoms with Crippen molar-refractivity contribution in [2.24, 2.45) is 0 Å². The molecular formula is C16H15N3O3. The Bertz CT molecular complexity index is 879. The molecule has 0 fully saturated rings. The molecule has 0 saturated carbocycles. The van der Waals surface area contributed by atoms with E-state index in [2.05, 4.69) is 15.3 Å². The number of rotatable bonds is 4. The number of imidazole rings is 1. The quantitative estimate of drug-likeness (QED) is 0.688. The Hall–Kier alpha value is -3.02. The van der Waals surface area contributed by atoms with E-state index < -0.39 is 0 Å². The number of nitrogens with one attached hydrogen (secondary N) is 3. The van der Waals surface area contributed by atoms with E-state index in [1.165, 1.54) is 0 Å². The molecule has 3 rings (SSSR count). The SMILES string of the molecule is COc1ccccc1CC(=O)Nc1ccc2[nH]c(=O)[nH]c2c1. The van der Waals surface area contributed by atoms with Gasteiger partial charge in [-0.05, 0) is 24.3 Å². The monoisotopic (exact) mass is 297 g/mol. The lowest BCUT2D eigenvalue weighted by Gasteiger charge is -2.09. The summed E-state index contributed by atoms with van der Waals surface area (Å²) in [6, 6.07) is 12.6. The molecule has 0 aliphatic carbocycles. The average molecular weight is 297 g/mol. The van der Waals surface area contributed by atoms with E-state index in [9.17, 15) is 9.59 Å². The first-order valence-electron chi connectivity index (χ1n) is 6.79. The first-order chi connectivity index (χ1) is 10.7. The lowest BCUT2D eigenvalue weighted by atomic mass is 10.1. The van der Waals surface area contributed by atoms with Crippen LogP contribution in [-0.2, 0) is 11.2 Å². The van der Waals surface area contributed by atoms with Crippen molar-refractivity contribution in [2.75, 3.05) is 12.4 Å². The topological polar surface area (TPSA) is 87.0 Å². The number of H-pyrrole nitrogens is 2. The fourth-order valence-corrected chi connectivity index (χ4v) is 2.34. The van der Waals surface area contributed by atoms with Crippen LogP contribution in [0.1, 0.15) is 5.56 Å². The van der Waals surface area contributed by atoms with Gasteiger partial charge in [-0.15, -0.1) is 0 Å². The van der Waals surface area contributed by atoms with Gasteiger partial charge in [0.25, 0.3) is 0 Å². The van der Waals surface area contributed by atoms with Gasteiger partial charge in [-0.25, -0.2) is 4.79 Å². The third-order valence-electron chi connectivity index (χ3n) is 3.34. The molecular weight excluding hydrogens is 282 g/mol. The average Bonchev–Trinajstić information content (AvgIpc) is 2.87. The number of carbonyl (C=O) groups excluding carboxylic acids is 1. The predicted molar refractivity (Wildman–Crippen MR) is 84.2 cm³/mol. The third kappa shape index (κ3) is 2.85. The van der Waals surface area contributed by atoms with Gasteiger partial charge < -0.3 is 20.0 Å². The van der Waals surface area contributed by atoms with E-state index in [1.807, 2.05) is 24.3 Å². The maximum Gasteiger partial charge on any atom is 0.323 e. The molecule has 0 spiro atoms. The highest BCUT2D eigenvalue weighted by Crippen LogP contribution is 2.19. The van der Waals surface area contributed by atoms with E-state index in [0.717, 1.165) is 5.56 Å². The summed E-state index contributed by atoms with van der Waals surface area (Å²) in [6.45, 7) is 0. The maximum absolute atomic E-state index is 12.1. The summed E-state index contributed by atoms with van der Waals surface area (Å²) in [6.07, 6.45) is 0.214. The second-order valence-electron chi connectivity index (χ2n) is 4.88. The zero-order valence-corrected chi connectivity index (χ0v) is 12.0. The number of aromatic nitrogens is 2. The molecule has 3 N–H and O–H groups in total. The molecule has 0 radical (unpaired) electrons. The summed E-state index contributed by atoms with van der Waals surface area (Å²) < 4.78 is 5.23. The van der Waals surface area contributed by atoms with Crippen LogP contribution in [-0.4, -0.2) is 23.0 Å². The number of anilines is 1. The largest absolute Gasteiger partial charge is 0.496 e. The Morgan fingerprint density at radius 1 is 1.14 bits per heavy atom. The van der Waals surface area contributed by atoms with Crippen LogP contribution in [0.3, 0.4) is 0 Å². The standard InChI is InChI=1S/C16H15N3O3/c1-22-14-5-3-2-4-10(14)8-15(20)17-11-6-7-12-13(9-11)19-16(21)18-12/h2-7,9H,8H2,1H3,(H,17,20)(H2,18,19,21). The lowest BCUT2D eigenvalue weighted by molar-refractivity contribution is -0.115. The van der Waals surface area contributed by atoms with Crippen molar-refractivity contribution >= 4 is 22.6 Å². The van der Waals surface area contributed by atoms with Crippen LogP contribution in [0.4, 0.5) is 5.69 Å². The van der Waals surface area contributed by atoms with E-state index in [0.29, 0.717) is 22.5 Å². The number of hydrogen-bond donors (Lipinski definition) is 3. The Balaban J connectivity index is 1.76. The molecule has 0 unspecified atom stereocenters. The second-order valence-corrected chi connectivity index (χ2v) is 4.88. The predicted octanol–water partition coefficient (Wildman–Crippen LogP) is 2.05. The molecule has 1 heterocycles. The molecule has 0 aliphatic heterocycles.